The number of imidazole rings is 1. The number of likely N-dealkylation sites (N-methyl/N-ethyl adjacent to an activating group) is 1. The third-order valence-corrected chi connectivity index (χ3v) is 4.25. The summed E-state index contributed by atoms with van der Waals surface area (Å²) in [6, 6.07) is 18.0. The van der Waals surface area contributed by atoms with Gasteiger partial charge in [0.25, 0.3) is 0 Å². The highest BCUT2D eigenvalue weighted by atomic mass is 16.2. The zero-order valence-electron chi connectivity index (χ0n) is 15.9. The van der Waals surface area contributed by atoms with E-state index in [0.29, 0.717) is 5.69 Å². The molecular weight excluding hydrogens is 370 g/mol. The van der Waals surface area contributed by atoms with Gasteiger partial charge in [-0.2, -0.15) is 0 Å². The Balaban J connectivity index is 1.73. The van der Waals surface area contributed by atoms with Gasteiger partial charge in [-0.05, 0) is 24.3 Å². The van der Waals surface area contributed by atoms with Gasteiger partial charge in [0.05, 0.1) is 0 Å². The fourth-order valence-corrected chi connectivity index (χ4v) is 2.71. The molecule has 1 aromatic heterocycles. The van der Waals surface area contributed by atoms with Crippen molar-refractivity contribution in [3.8, 4) is 0 Å². The van der Waals surface area contributed by atoms with E-state index >= 15 is 0 Å². The lowest BCUT2D eigenvalue weighted by atomic mass is 10.2. The third kappa shape index (κ3) is 5.29. The highest BCUT2D eigenvalue weighted by molar-refractivity contribution is 6.10. The molecule has 0 radical (unpaired) electrons. The summed E-state index contributed by atoms with van der Waals surface area (Å²) in [5, 5.41) is 0. The topological polar surface area (TPSA) is 87.5 Å². The Morgan fingerprint density at radius 2 is 1.55 bits per heavy atom. The number of nitrogens with one attached hydrogen (secondary N) is 1. The van der Waals surface area contributed by atoms with Gasteiger partial charge in [0.15, 0.2) is 0 Å². The van der Waals surface area contributed by atoms with Crippen molar-refractivity contribution in [2.24, 2.45) is 0 Å². The van der Waals surface area contributed by atoms with E-state index in [4.69, 9.17) is 0 Å². The first-order valence-corrected chi connectivity index (χ1v) is 8.99. The number of nitrogens with zero attached hydrogens (tertiary/aromatic N) is 4. The van der Waals surface area contributed by atoms with E-state index in [-0.39, 0.29) is 12.5 Å². The Bertz CT molecular complexity index is 959. The Kier molecular flexibility index (Phi) is 6.36. The van der Waals surface area contributed by atoms with Crippen molar-refractivity contribution < 1.29 is 14.4 Å². The normalized spacial score (nSPS) is 10.2. The quantitative estimate of drug-likeness (QED) is 0.625. The summed E-state index contributed by atoms with van der Waals surface area (Å²) < 4.78 is 1.36. The number of carbonyl (C=O) groups is 3. The molecule has 0 saturated heterocycles. The van der Waals surface area contributed by atoms with Crippen LogP contribution in [0.15, 0.2) is 79.4 Å². The predicted octanol–water partition coefficient (Wildman–Crippen LogP) is 2.04. The molecule has 8 heteroatoms. The second kappa shape index (κ2) is 9.32. The van der Waals surface area contributed by atoms with Gasteiger partial charge in [0, 0.05) is 30.8 Å². The van der Waals surface area contributed by atoms with Crippen LogP contribution in [0.25, 0.3) is 0 Å². The summed E-state index contributed by atoms with van der Waals surface area (Å²) in [6.07, 6.45) is 4.07. The van der Waals surface area contributed by atoms with Crippen molar-refractivity contribution in [1.29, 1.82) is 0 Å². The number of amides is 3. The number of benzene rings is 2. The second-order valence-corrected chi connectivity index (χ2v) is 6.29. The van der Waals surface area contributed by atoms with Crippen LogP contribution in [0.1, 0.15) is 6.42 Å². The zero-order chi connectivity index (χ0) is 20.6. The van der Waals surface area contributed by atoms with E-state index < -0.39 is 18.2 Å². The van der Waals surface area contributed by atoms with Crippen LogP contribution in [-0.4, -0.2) is 41.0 Å². The smallest absolute Gasteiger partial charge is 0.248 e. The maximum Gasteiger partial charge on any atom is 0.248 e. The monoisotopic (exact) mass is 391 g/mol. The largest absolute Gasteiger partial charge is 0.314 e. The molecule has 0 atom stereocenters. The number of hydrogen-bond acceptors (Lipinski definition) is 4. The summed E-state index contributed by atoms with van der Waals surface area (Å²) in [6.45, 7) is -0.188. The molecule has 2 aromatic carbocycles. The molecule has 0 aliphatic rings. The van der Waals surface area contributed by atoms with Gasteiger partial charge >= 0.3 is 0 Å². The first kappa shape index (κ1) is 19.8. The van der Waals surface area contributed by atoms with Crippen LogP contribution in [0, 0.1) is 0 Å². The standard InChI is InChI=1S/C21H21N5O3/c1-24(17-8-4-2-5-9-17)21(29)15-26(18-10-6-3-7-11-18)20(28)14-19(27)23-25-13-12-22-16-25/h2-13,16H,14-15H2,1H3,(H,23,27). The molecule has 3 aromatic rings. The molecule has 8 nitrogen and oxygen atoms in total. The summed E-state index contributed by atoms with van der Waals surface area (Å²) in [5.74, 6) is -1.26. The molecule has 29 heavy (non-hydrogen) atoms. The molecule has 0 saturated carbocycles. The minimum atomic E-state index is -0.502. The Morgan fingerprint density at radius 3 is 2.14 bits per heavy atom. The van der Waals surface area contributed by atoms with Crippen LogP contribution < -0.4 is 15.2 Å². The number of hydrogen-bond donors (Lipinski definition) is 1. The average Bonchev–Trinajstić information content (AvgIpc) is 3.25. The van der Waals surface area contributed by atoms with E-state index in [1.165, 1.54) is 27.0 Å². The van der Waals surface area contributed by atoms with Gasteiger partial charge in [-0.3, -0.25) is 19.8 Å². The molecule has 0 aliphatic heterocycles. The fraction of sp³-hybridized carbons (Fsp3) is 0.143. The first-order valence-electron chi connectivity index (χ1n) is 8.99. The van der Waals surface area contributed by atoms with Gasteiger partial charge in [0.1, 0.15) is 19.3 Å². The van der Waals surface area contributed by atoms with Crippen LogP contribution in [0.5, 0.6) is 0 Å². The van der Waals surface area contributed by atoms with Crippen LogP contribution >= 0.6 is 0 Å². The van der Waals surface area contributed by atoms with E-state index in [9.17, 15) is 14.4 Å². The van der Waals surface area contributed by atoms with E-state index in [1.807, 2.05) is 36.4 Å². The highest BCUT2D eigenvalue weighted by Gasteiger charge is 2.23. The number of carbonyl (C=O) groups excluding carboxylic acids is 3. The maximum atomic E-state index is 12.8. The summed E-state index contributed by atoms with van der Waals surface area (Å²) in [5.41, 5.74) is 3.80. The maximum absolute atomic E-state index is 12.8. The van der Waals surface area contributed by atoms with Crippen LogP contribution in [0.2, 0.25) is 0 Å². The van der Waals surface area contributed by atoms with Crippen LogP contribution in [0.4, 0.5) is 11.4 Å². The second-order valence-electron chi connectivity index (χ2n) is 6.29. The lowest BCUT2D eigenvalue weighted by Crippen LogP contribution is -2.43. The Morgan fingerprint density at radius 1 is 0.931 bits per heavy atom. The molecule has 0 bridgehead atoms. The Hall–Kier alpha value is -3.94. The van der Waals surface area contributed by atoms with E-state index in [2.05, 4.69) is 10.4 Å². The molecule has 148 valence electrons. The van der Waals surface area contributed by atoms with Crippen molar-refractivity contribution in [1.82, 2.24) is 9.66 Å². The summed E-state index contributed by atoms with van der Waals surface area (Å²) in [4.78, 5) is 44.5. The van der Waals surface area contributed by atoms with Crippen molar-refractivity contribution >= 4 is 29.1 Å². The number of anilines is 2. The zero-order valence-corrected chi connectivity index (χ0v) is 15.9. The molecule has 0 spiro atoms. The van der Waals surface area contributed by atoms with Crippen molar-refractivity contribution in [3.63, 3.8) is 0 Å². The number of para-hydroxylation sites is 2. The minimum Gasteiger partial charge on any atom is -0.314 e. The van der Waals surface area contributed by atoms with Crippen molar-refractivity contribution in [2.75, 3.05) is 28.8 Å². The summed E-state index contributed by atoms with van der Waals surface area (Å²) in [7, 11) is 1.65. The van der Waals surface area contributed by atoms with Crippen molar-refractivity contribution in [2.45, 2.75) is 6.42 Å². The van der Waals surface area contributed by atoms with Gasteiger partial charge < -0.3 is 9.80 Å². The van der Waals surface area contributed by atoms with Gasteiger partial charge in [-0.25, -0.2) is 9.66 Å². The summed E-state index contributed by atoms with van der Waals surface area (Å²) >= 11 is 0. The molecule has 1 N–H and O–H groups in total. The molecule has 3 rings (SSSR count). The minimum absolute atomic E-state index is 0.188. The lowest BCUT2D eigenvalue weighted by Gasteiger charge is -2.25. The third-order valence-electron chi connectivity index (χ3n) is 4.25. The van der Waals surface area contributed by atoms with Crippen LogP contribution in [0.3, 0.4) is 0 Å². The number of aromatic nitrogens is 2. The fourth-order valence-electron chi connectivity index (χ4n) is 2.71. The molecule has 0 unspecified atom stereocenters. The molecule has 1 heterocycles. The van der Waals surface area contributed by atoms with E-state index in [0.717, 1.165) is 5.69 Å². The van der Waals surface area contributed by atoms with Gasteiger partial charge in [-0.15, -0.1) is 0 Å². The molecule has 0 aliphatic carbocycles. The molecular formula is C21H21N5O3. The first-order chi connectivity index (χ1) is 14.0. The van der Waals surface area contributed by atoms with Gasteiger partial charge in [0.2, 0.25) is 17.7 Å². The average molecular weight is 391 g/mol. The predicted molar refractivity (Wildman–Crippen MR) is 110 cm³/mol. The SMILES string of the molecule is CN(C(=O)CN(C(=O)CC(=O)Nn1ccnc1)c1ccccc1)c1ccccc1. The number of rotatable bonds is 7. The molecule has 3 amide bonds. The van der Waals surface area contributed by atoms with E-state index in [1.54, 1.807) is 37.5 Å². The van der Waals surface area contributed by atoms with Crippen molar-refractivity contribution in [3.05, 3.63) is 79.4 Å². The molecule has 0 fully saturated rings. The lowest BCUT2D eigenvalue weighted by molar-refractivity contribution is -0.127. The van der Waals surface area contributed by atoms with Crippen LogP contribution in [-0.2, 0) is 14.4 Å². The Labute approximate surface area is 168 Å². The van der Waals surface area contributed by atoms with Gasteiger partial charge in [-0.1, -0.05) is 36.4 Å². The highest BCUT2D eigenvalue weighted by Crippen LogP contribution is 2.17.